The highest BCUT2D eigenvalue weighted by Gasteiger charge is 2.45. The number of hydrogen-bond acceptors (Lipinski definition) is 4. The van der Waals surface area contributed by atoms with E-state index < -0.39 is 5.41 Å². The van der Waals surface area contributed by atoms with Gasteiger partial charge in [-0.25, -0.2) is 0 Å². The van der Waals surface area contributed by atoms with E-state index in [0.29, 0.717) is 22.3 Å². The van der Waals surface area contributed by atoms with Gasteiger partial charge in [0.2, 0.25) is 11.7 Å². The first kappa shape index (κ1) is 20.3. The van der Waals surface area contributed by atoms with E-state index in [9.17, 15) is 4.79 Å². The van der Waals surface area contributed by atoms with Gasteiger partial charge >= 0.3 is 0 Å². The number of carbonyl (C=O) groups is 1. The molecule has 150 valence electrons. The van der Waals surface area contributed by atoms with E-state index in [1.807, 2.05) is 43.3 Å². The van der Waals surface area contributed by atoms with Crippen LogP contribution in [0.1, 0.15) is 43.4 Å². The van der Waals surface area contributed by atoms with Gasteiger partial charge in [0.05, 0.1) is 32.8 Å². The standard InChI is InChI=1S/C22H26ClNO4/c1-14(15-12-18(26-2)20(28-4)19(13-15)27-3)24-21(25)22(10-5-11-22)16-6-8-17(23)9-7-16/h6-9,12-14H,5,10-11H2,1-4H3,(H,24,25). The average molecular weight is 404 g/mol. The SMILES string of the molecule is COc1cc(C(C)NC(=O)C2(c3ccc(Cl)cc3)CCC2)cc(OC)c1OC. The fraction of sp³-hybridized carbons (Fsp3) is 0.409. The lowest BCUT2D eigenvalue weighted by Crippen LogP contribution is -2.49. The van der Waals surface area contributed by atoms with Crippen LogP contribution >= 0.6 is 11.6 Å². The number of halogens is 1. The third kappa shape index (κ3) is 3.63. The van der Waals surface area contributed by atoms with Crippen LogP contribution in [0.3, 0.4) is 0 Å². The predicted molar refractivity (Wildman–Crippen MR) is 110 cm³/mol. The summed E-state index contributed by atoms with van der Waals surface area (Å²) in [6, 6.07) is 11.1. The number of benzene rings is 2. The number of ether oxygens (including phenoxy) is 3. The van der Waals surface area contributed by atoms with Crippen molar-refractivity contribution in [1.29, 1.82) is 0 Å². The number of nitrogens with one attached hydrogen (secondary N) is 1. The maximum atomic E-state index is 13.2. The van der Waals surface area contributed by atoms with Gasteiger partial charge in [0.25, 0.3) is 0 Å². The summed E-state index contributed by atoms with van der Waals surface area (Å²) in [6.07, 6.45) is 2.71. The summed E-state index contributed by atoms with van der Waals surface area (Å²) >= 11 is 6.01. The number of methoxy groups -OCH3 is 3. The molecule has 1 fully saturated rings. The number of carbonyl (C=O) groups excluding carboxylic acids is 1. The zero-order chi connectivity index (χ0) is 20.3. The maximum Gasteiger partial charge on any atom is 0.231 e. The molecule has 1 N–H and O–H groups in total. The van der Waals surface area contributed by atoms with Crippen LogP contribution in [0.4, 0.5) is 0 Å². The second-order valence-corrected chi connectivity index (χ2v) is 7.53. The van der Waals surface area contributed by atoms with Crippen LogP contribution in [0, 0.1) is 0 Å². The first-order valence-electron chi connectivity index (χ1n) is 9.32. The van der Waals surface area contributed by atoms with E-state index in [4.69, 9.17) is 25.8 Å². The largest absolute Gasteiger partial charge is 0.493 e. The molecule has 0 spiro atoms. The minimum Gasteiger partial charge on any atom is -0.493 e. The van der Waals surface area contributed by atoms with E-state index in [1.165, 1.54) is 0 Å². The molecule has 3 rings (SSSR count). The van der Waals surface area contributed by atoms with Crippen molar-refractivity contribution in [3.05, 3.63) is 52.5 Å². The van der Waals surface area contributed by atoms with Gasteiger partial charge in [0.15, 0.2) is 11.5 Å². The van der Waals surface area contributed by atoms with Crippen molar-refractivity contribution in [2.45, 2.75) is 37.6 Å². The van der Waals surface area contributed by atoms with Gasteiger partial charge in [-0.05, 0) is 55.2 Å². The third-order valence-corrected chi connectivity index (χ3v) is 5.83. The van der Waals surface area contributed by atoms with E-state index in [2.05, 4.69) is 5.32 Å². The minimum atomic E-state index is -0.487. The second-order valence-electron chi connectivity index (χ2n) is 7.10. The van der Waals surface area contributed by atoms with Crippen molar-refractivity contribution in [2.75, 3.05) is 21.3 Å². The molecule has 0 aromatic heterocycles. The third-order valence-electron chi connectivity index (χ3n) is 5.57. The molecule has 5 nitrogen and oxygen atoms in total. The van der Waals surface area contributed by atoms with Gasteiger partial charge in [-0.1, -0.05) is 30.2 Å². The first-order chi connectivity index (χ1) is 13.4. The fourth-order valence-corrected chi connectivity index (χ4v) is 3.84. The fourth-order valence-electron chi connectivity index (χ4n) is 3.72. The normalized spacial score (nSPS) is 15.9. The van der Waals surface area contributed by atoms with Crippen LogP contribution in [0.25, 0.3) is 0 Å². The lowest BCUT2D eigenvalue weighted by Gasteiger charge is -2.41. The smallest absolute Gasteiger partial charge is 0.231 e. The predicted octanol–water partition coefficient (Wildman–Crippen LogP) is 4.66. The summed E-state index contributed by atoms with van der Waals surface area (Å²) < 4.78 is 16.2. The van der Waals surface area contributed by atoms with Crippen molar-refractivity contribution in [2.24, 2.45) is 0 Å². The topological polar surface area (TPSA) is 56.8 Å². The van der Waals surface area contributed by atoms with Crippen LogP contribution in [-0.4, -0.2) is 27.2 Å². The highest BCUT2D eigenvalue weighted by Crippen LogP contribution is 2.45. The Bertz CT molecular complexity index is 821. The maximum absolute atomic E-state index is 13.2. The molecule has 28 heavy (non-hydrogen) atoms. The molecule has 1 atom stereocenters. The Balaban J connectivity index is 1.85. The molecule has 1 amide bonds. The van der Waals surface area contributed by atoms with Crippen LogP contribution in [-0.2, 0) is 10.2 Å². The van der Waals surface area contributed by atoms with E-state index in [1.54, 1.807) is 21.3 Å². The lowest BCUT2D eigenvalue weighted by molar-refractivity contribution is -0.130. The molecule has 2 aromatic rings. The lowest BCUT2D eigenvalue weighted by atomic mass is 9.63. The molecule has 0 heterocycles. The molecule has 1 aliphatic rings. The second kappa shape index (κ2) is 8.31. The molecule has 0 saturated heterocycles. The molecule has 0 bridgehead atoms. The monoisotopic (exact) mass is 403 g/mol. The number of hydrogen-bond donors (Lipinski definition) is 1. The molecular weight excluding hydrogens is 378 g/mol. The van der Waals surface area contributed by atoms with Gasteiger partial charge in [0, 0.05) is 5.02 Å². The Morgan fingerprint density at radius 1 is 1.04 bits per heavy atom. The van der Waals surface area contributed by atoms with Gasteiger partial charge in [-0.15, -0.1) is 0 Å². The Kier molecular flexibility index (Phi) is 6.04. The summed E-state index contributed by atoms with van der Waals surface area (Å²) in [7, 11) is 4.72. The first-order valence-corrected chi connectivity index (χ1v) is 9.70. The molecular formula is C22H26ClNO4. The summed E-state index contributed by atoms with van der Waals surface area (Å²) in [5.74, 6) is 1.69. The van der Waals surface area contributed by atoms with Crippen molar-refractivity contribution in [3.63, 3.8) is 0 Å². The Labute approximate surface area is 170 Å². The highest BCUT2D eigenvalue weighted by molar-refractivity contribution is 6.30. The molecule has 1 saturated carbocycles. The Hall–Kier alpha value is -2.40. The Morgan fingerprint density at radius 3 is 2.04 bits per heavy atom. The molecule has 6 heteroatoms. The van der Waals surface area contributed by atoms with E-state index >= 15 is 0 Å². The van der Waals surface area contributed by atoms with Gasteiger partial charge in [0.1, 0.15) is 0 Å². The van der Waals surface area contributed by atoms with Crippen LogP contribution in [0.15, 0.2) is 36.4 Å². The van der Waals surface area contributed by atoms with Crippen molar-refractivity contribution < 1.29 is 19.0 Å². The van der Waals surface area contributed by atoms with Gasteiger partial charge < -0.3 is 19.5 Å². The van der Waals surface area contributed by atoms with Gasteiger partial charge in [-0.3, -0.25) is 4.79 Å². The van der Waals surface area contributed by atoms with Crippen LogP contribution in [0.2, 0.25) is 5.02 Å². The molecule has 2 aromatic carbocycles. The Morgan fingerprint density at radius 2 is 1.61 bits per heavy atom. The molecule has 1 unspecified atom stereocenters. The highest BCUT2D eigenvalue weighted by atomic mass is 35.5. The van der Waals surface area contributed by atoms with E-state index in [-0.39, 0.29) is 11.9 Å². The summed E-state index contributed by atoms with van der Waals surface area (Å²) in [5, 5.41) is 3.84. The quantitative estimate of drug-likeness (QED) is 0.730. The zero-order valence-corrected chi connectivity index (χ0v) is 17.4. The number of rotatable bonds is 7. The van der Waals surface area contributed by atoms with Gasteiger partial charge in [-0.2, -0.15) is 0 Å². The van der Waals surface area contributed by atoms with Crippen molar-refractivity contribution in [3.8, 4) is 17.2 Å². The molecule has 0 radical (unpaired) electrons. The van der Waals surface area contributed by atoms with Crippen LogP contribution in [0.5, 0.6) is 17.2 Å². The molecule has 1 aliphatic carbocycles. The van der Waals surface area contributed by atoms with E-state index in [0.717, 1.165) is 30.4 Å². The number of amides is 1. The van der Waals surface area contributed by atoms with Crippen LogP contribution < -0.4 is 19.5 Å². The van der Waals surface area contributed by atoms with Crippen molar-refractivity contribution >= 4 is 17.5 Å². The average Bonchev–Trinajstić information content (AvgIpc) is 2.67. The summed E-state index contributed by atoms with van der Waals surface area (Å²) in [5.41, 5.74) is 1.41. The summed E-state index contributed by atoms with van der Waals surface area (Å²) in [6.45, 7) is 1.95. The van der Waals surface area contributed by atoms with Crippen molar-refractivity contribution in [1.82, 2.24) is 5.32 Å². The summed E-state index contributed by atoms with van der Waals surface area (Å²) in [4.78, 5) is 13.2. The zero-order valence-electron chi connectivity index (χ0n) is 16.7. The molecule has 0 aliphatic heterocycles. The minimum absolute atomic E-state index is 0.0299.